The summed E-state index contributed by atoms with van der Waals surface area (Å²) >= 11 is 1.59. The zero-order valence-corrected chi connectivity index (χ0v) is 10.4. The molecular formula is C11H12N6S. The zero-order chi connectivity index (χ0) is 12.4. The van der Waals surface area contributed by atoms with Crippen molar-refractivity contribution in [1.29, 1.82) is 0 Å². The molecule has 0 aliphatic rings. The molecule has 92 valence electrons. The molecule has 2 aromatic heterocycles. The second-order valence-corrected chi connectivity index (χ2v) is 4.72. The first-order valence-corrected chi connectivity index (χ1v) is 6.42. The van der Waals surface area contributed by atoms with Gasteiger partial charge in [-0.05, 0) is 12.1 Å². The van der Waals surface area contributed by atoms with E-state index in [-0.39, 0.29) is 0 Å². The molecule has 6 nitrogen and oxygen atoms in total. The van der Waals surface area contributed by atoms with E-state index in [1.807, 2.05) is 12.1 Å². The number of hydrogen-bond acceptors (Lipinski definition) is 6. The van der Waals surface area contributed by atoms with Gasteiger partial charge in [0.15, 0.2) is 0 Å². The molecule has 3 rings (SSSR count). The molecule has 0 atom stereocenters. The third-order valence-corrected chi connectivity index (χ3v) is 3.48. The van der Waals surface area contributed by atoms with E-state index in [1.165, 1.54) is 6.33 Å². The van der Waals surface area contributed by atoms with E-state index in [0.29, 0.717) is 5.69 Å². The van der Waals surface area contributed by atoms with Crippen molar-refractivity contribution in [2.75, 3.05) is 17.6 Å². The molecule has 0 saturated carbocycles. The number of aromatic amines is 1. The Morgan fingerprint density at radius 3 is 3.11 bits per heavy atom. The summed E-state index contributed by atoms with van der Waals surface area (Å²) in [7, 11) is 0. The molecule has 4 N–H and O–H groups in total. The summed E-state index contributed by atoms with van der Waals surface area (Å²) in [6.45, 7) is 0.745. The van der Waals surface area contributed by atoms with Gasteiger partial charge < -0.3 is 11.1 Å². The summed E-state index contributed by atoms with van der Waals surface area (Å²) in [6, 6.07) is 4.01. The van der Waals surface area contributed by atoms with Gasteiger partial charge in [0.2, 0.25) is 0 Å². The summed E-state index contributed by atoms with van der Waals surface area (Å²) in [5.41, 5.74) is 10.3. The SMILES string of the molecule is Nc1c(NCCc2ncn[nH]2)ccc2scnc12. The fraction of sp³-hybridized carbons (Fsp3) is 0.182. The number of aromatic nitrogens is 4. The van der Waals surface area contributed by atoms with Crippen molar-refractivity contribution in [2.24, 2.45) is 0 Å². The van der Waals surface area contributed by atoms with Gasteiger partial charge in [0, 0.05) is 13.0 Å². The smallest absolute Gasteiger partial charge is 0.137 e. The highest BCUT2D eigenvalue weighted by atomic mass is 32.1. The number of nitrogens with zero attached hydrogens (tertiary/aromatic N) is 3. The fourth-order valence-electron chi connectivity index (χ4n) is 1.77. The molecule has 1 aromatic carbocycles. The van der Waals surface area contributed by atoms with Crippen molar-refractivity contribution < 1.29 is 0 Å². The third kappa shape index (κ3) is 2.00. The number of fused-ring (bicyclic) bond motifs is 1. The van der Waals surface area contributed by atoms with Gasteiger partial charge in [0.05, 0.1) is 21.6 Å². The van der Waals surface area contributed by atoms with Gasteiger partial charge in [-0.3, -0.25) is 5.10 Å². The van der Waals surface area contributed by atoms with Crippen LogP contribution < -0.4 is 11.1 Å². The molecule has 7 heteroatoms. The molecule has 2 heterocycles. The average Bonchev–Trinajstić information content (AvgIpc) is 3.02. The number of hydrogen-bond donors (Lipinski definition) is 3. The van der Waals surface area contributed by atoms with Gasteiger partial charge in [-0.1, -0.05) is 0 Å². The van der Waals surface area contributed by atoms with E-state index >= 15 is 0 Å². The highest BCUT2D eigenvalue weighted by molar-refractivity contribution is 7.16. The molecule has 0 amide bonds. The van der Waals surface area contributed by atoms with E-state index < -0.39 is 0 Å². The lowest BCUT2D eigenvalue weighted by Crippen LogP contribution is -2.08. The molecule has 0 unspecified atom stereocenters. The number of nitrogen functional groups attached to an aromatic ring is 1. The van der Waals surface area contributed by atoms with Crippen molar-refractivity contribution in [1.82, 2.24) is 20.2 Å². The predicted octanol–water partition coefficient (Wildman–Crippen LogP) is 1.65. The lowest BCUT2D eigenvalue weighted by Gasteiger charge is -2.08. The number of rotatable bonds is 4. The van der Waals surface area contributed by atoms with Gasteiger partial charge in [-0.25, -0.2) is 9.97 Å². The van der Waals surface area contributed by atoms with Crippen LogP contribution in [0.2, 0.25) is 0 Å². The van der Waals surface area contributed by atoms with Gasteiger partial charge >= 0.3 is 0 Å². The van der Waals surface area contributed by atoms with Gasteiger partial charge in [-0.2, -0.15) is 5.10 Å². The van der Waals surface area contributed by atoms with Crippen LogP contribution in [0.1, 0.15) is 5.82 Å². The van der Waals surface area contributed by atoms with Gasteiger partial charge in [0.1, 0.15) is 17.7 Å². The molecule has 0 bridgehead atoms. The lowest BCUT2D eigenvalue weighted by atomic mass is 10.2. The highest BCUT2D eigenvalue weighted by Crippen LogP contribution is 2.29. The molecule has 0 fully saturated rings. The van der Waals surface area contributed by atoms with E-state index in [2.05, 4.69) is 25.5 Å². The molecule has 3 aromatic rings. The van der Waals surface area contributed by atoms with Crippen LogP contribution in [0.25, 0.3) is 10.2 Å². The van der Waals surface area contributed by atoms with Crippen LogP contribution in [-0.2, 0) is 6.42 Å². The summed E-state index contributed by atoms with van der Waals surface area (Å²) in [4.78, 5) is 8.32. The Hall–Kier alpha value is -2.15. The number of thiazole rings is 1. The maximum atomic E-state index is 6.07. The predicted molar refractivity (Wildman–Crippen MR) is 72.6 cm³/mol. The van der Waals surface area contributed by atoms with Crippen LogP contribution >= 0.6 is 11.3 Å². The number of nitrogens with two attached hydrogens (primary N) is 1. The van der Waals surface area contributed by atoms with Crippen LogP contribution in [0.5, 0.6) is 0 Å². The minimum absolute atomic E-state index is 0.700. The highest BCUT2D eigenvalue weighted by Gasteiger charge is 2.06. The van der Waals surface area contributed by atoms with Crippen LogP contribution in [-0.4, -0.2) is 26.7 Å². The Morgan fingerprint density at radius 2 is 2.28 bits per heavy atom. The summed E-state index contributed by atoms with van der Waals surface area (Å²) < 4.78 is 1.10. The fourth-order valence-corrected chi connectivity index (χ4v) is 2.47. The molecule has 0 aliphatic heterocycles. The van der Waals surface area contributed by atoms with Crippen molar-refractivity contribution in [3.8, 4) is 0 Å². The molecular weight excluding hydrogens is 248 g/mol. The Kier molecular flexibility index (Phi) is 2.81. The Morgan fingerprint density at radius 1 is 1.33 bits per heavy atom. The third-order valence-electron chi connectivity index (χ3n) is 2.68. The second kappa shape index (κ2) is 4.61. The summed E-state index contributed by atoms with van der Waals surface area (Å²) in [5.74, 6) is 0.857. The Balaban J connectivity index is 1.72. The quantitative estimate of drug-likeness (QED) is 0.620. The van der Waals surface area contributed by atoms with Crippen LogP contribution in [0.3, 0.4) is 0 Å². The number of nitrogens with one attached hydrogen (secondary N) is 2. The van der Waals surface area contributed by atoms with Crippen molar-refractivity contribution in [3.05, 3.63) is 29.8 Å². The van der Waals surface area contributed by atoms with E-state index in [4.69, 9.17) is 5.73 Å². The minimum atomic E-state index is 0.700. The minimum Gasteiger partial charge on any atom is -0.395 e. The first kappa shape index (κ1) is 11.0. The number of H-pyrrole nitrogens is 1. The van der Waals surface area contributed by atoms with Crippen LogP contribution in [0.15, 0.2) is 24.0 Å². The number of anilines is 2. The molecule has 18 heavy (non-hydrogen) atoms. The number of benzene rings is 1. The van der Waals surface area contributed by atoms with Crippen LogP contribution in [0, 0.1) is 0 Å². The second-order valence-electron chi connectivity index (χ2n) is 3.83. The average molecular weight is 260 g/mol. The monoisotopic (exact) mass is 260 g/mol. The summed E-state index contributed by atoms with van der Waals surface area (Å²) in [6.07, 6.45) is 2.28. The van der Waals surface area contributed by atoms with Crippen molar-refractivity contribution in [2.45, 2.75) is 6.42 Å². The molecule has 0 radical (unpaired) electrons. The Labute approximate surface area is 107 Å². The maximum absolute atomic E-state index is 6.07. The zero-order valence-electron chi connectivity index (χ0n) is 9.55. The lowest BCUT2D eigenvalue weighted by molar-refractivity contribution is 0.901. The normalized spacial score (nSPS) is 10.9. The first-order valence-electron chi connectivity index (χ1n) is 5.54. The van der Waals surface area contributed by atoms with E-state index in [1.54, 1.807) is 16.8 Å². The van der Waals surface area contributed by atoms with Gasteiger partial charge in [-0.15, -0.1) is 11.3 Å². The molecule has 0 aliphatic carbocycles. The van der Waals surface area contributed by atoms with E-state index in [9.17, 15) is 0 Å². The maximum Gasteiger partial charge on any atom is 0.137 e. The molecule has 0 spiro atoms. The first-order chi connectivity index (χ1) is 8.84. The van der Waals surface area contributed by atoms with Crippen molar-refractivity contribution >= 4 is 32.9 Å². The largest absolute Gasteiger partial charge is 0.395 e. The standard InChI is InChI=1S/C11H12N6S/c12-10-7(1-2-8-11(10)15-6-18-8)13-4-3-9-14-5-16-17-9/h1-2,5-6,13H,3-4,12H2,(H,14,16,17). The van der Waals surface area contributed by atoms with Crippen molar-refractivity contribution in [3.63, 3.8) is 0 Å². The Bertz CT molecular complexity index is 645. The van der Waals surface area contributed by atoms with Crippen LogP contribution in [0.4, 0.5) is 11.4 Å². The topological polar surface area (TPSA) is 92.5 Å². The van der Waals surface area contributed by atoms with Gasteiger partial charge in [0.25, 0.3) is 0 Å². The van der Waals surface area contributed by atoms with E-state index in [0.717, 1.165) is 34.7 Å². The molecule has 0 saturated heterocycles. The summed E-state index contributed by atoms with van der Waals surface area (Å²) in [5, 5.41) is 9.91.